The Labute approximate surface area is 78.8 Å². The maximum atomic E-state index is 8.69. The van der Waals surface area contributed by atoms with Gasteiger partial charge >= 0.3 is 0 Å². The molecule has 0 amide bonds. The van der Waals surface area contributed by atoms with Crippen LogP contribution in [0.25, 0.3) is 0 Å². The lowest BCUT2D eigenvalue weighted by molar-refractivity contribution is 0.558. The summed E-state index contributed by atoms with van der Waals surface area (Å²) in [5.74, 6) is 0.552. The number of hydrogen-bond acceptors (Lipinski definition) is 2. The summed E-state index contributed by atoms with van der Waals surface area (Å²) in [7, 11) is 0. The second kappa shape index (κ2) is 3.92. The molecular formula is C11H12N2. The molecule has 1 atom stereocenters. The van der Waals surface area contributed by atoms with Gasteiger partial charge in [-0.25, -0.2) is 0 Å². The molecule has 2 nitrogen and oxygen atoms in total. The minimum Gasteiger partial charge on any atom is -0.192 e. The molecule has 0 bridgehead atoms. The van der Waals surface area contributed by atoms with Crippen molar-refractivity contribution in [1.82, 2.24) is 0 Å². The van der Waals surface area contributed by atoms with Crippen LogP contribution in [0.4, 0.5) is 0 Å². The fraction of sp³-hybridized carbons (Fsp3) is 0.455. The molecule has 0 aliphatic heterocycles. The lowest BCUT2D eigenvalue weighted by Crippen LogP contribution is -2.04. The number of nitriles is 2. The minimum atomic E-state index is 0.269. The Balaban J connectivity index is 3.08. The quantitative estimate of drug-likeness (QED) is 0.527. The molecule has 13 heavy (non-hydrogen) atoms. The zero-order chi connectivity index (χ0) is 9.84. The number of rotatable bonds is 0. The molecule has 0 saturated carbocycles. The molecule has 1 aliphatic carbocycles. The summed E-state index contributed by atoms with van der Waals surface area (Å²) >= 11 is 0. The van der Waals surface area contributed by atoms with Gasteiger partial charge in [-0.3, -0.25) is 0 Å². The van der Waals surface area contributed by atoms with Crippen molar-refractivity contribution in [2.24, 2.45) is 5.92 Å². The molecule has 0 heterocycles. The highest BCUT2D eigenvalue weighted by molar-refractivity contribution is 5.46. The van der Waals surface area contributed by atoms with Crippen molar-refractivity contribution >= 4 is 0 Å². The summed E-state index contributed by atoms with van der Waals surface area (Å²) in [6, 6.07) is 3.87. The second-order valence-corrected chi connectivity index (χ2v) is 3.63. The summed E-state index contributed by atoms with van der Waals surface area (Å²) in [6.07, 6.45) is 3.91. The van der Waals surface area contributed by atoms with Crippen LogP contribution in [0.5, 0.6) is 0 Å². The first-order chi connectivity index (χ1) is 6.17. The second-order valence-electron chi connectivity index (χ2n) is 3.63. The average molecular weight is 172 g/mol. The molecule has 66 valence electrons. The van der Waals surface area contributed by atoms with Gasteiger partial charge in [0.05, 0.1) is 0 Å². The van der Waals surface area contributed by atoms with Crippen LogP contribution < -0.4 is 0 Å². The van der Waals surface area contributed by atoms with Crippen LogP contribution >= 0.6 is 0 Å². The molecule has 0 aromatic rings. The van der Waals surface area contributed by atoms with E-state index >= 15 is 0 Å². The van der Waals surface area contributed by atoms with E-state index in [9.17, 15) is 0 Å². The van der Waals surface area contributed by atoms with Gasteiger partial charge in [-0.1, -0.05) is 18.6 Å². The van der Waals surface area contributed by atoms with Gasteiger partial charge in [-0.15, -0.1) is 0 Å². The van der Waals surface area contributed by atoms with E-state index in [0.717, 1.165) is 18.4 Å². The highest BCUT2D eigenvalue weighted by Gasteiger charge is 2.14. The van der Waals surface area contributed by atoms with Crippen molar-refractivity contribution in [2.75, 3.05) is 0 Å². The van der Waals surface area contributed by atoms with Crippen molar-refractivity contribution < 1.29 is 0 Å². The molecule has 0 fully saturated rings. The fourth-order valence-electron chi connectivity index (χ4n) is 1.76. The third-order valence-corrected chi connectivity index (χ3v) is 2.20. The van der Waals surface area contributed by atoms with Crippen molar-refractivity contribution in [3.05, 3.63) is 22.8 Å². The molecule has 0 N–H and O–H groups in total. The normalized spacial score (nSPS) is 21.4. The Hall–Kier alpha value is -1.54. The van der Waals surface area contributed by atoms with Gasteiger partial charge in [0.2, 0.25) is 0 Å². The predicted octanol–water partition coefficient (Wildman–Crippen LogP) is 2.71. The lowest BCUT2D eigenvalue weighted by Gasteiger charge is -2.18. The number of allylic oxidation sites excluding steroid dienone is 4. The summed E-state index contributed by atoms with van der Waals surface area (Å²) in [6.45, 7) is 4.19. The SMILES string of the molecule is CC1=CC(=C(C#N)C#N)CC(C)C1. The predicted molar refractivity (Wildman–Crippen MR) is 50.4 cm³/mol. The van der Waals surface area contributed by atoms with Crippen molar-refractivity contribution in [3.8, 4) is 12.1 Å². The molecule has 1 aliphatic rings. The van der Waals surface area contributed by atoms with Crippen molar-refractivity contribution in [2.45, 2.75) is 26.7 Å². The zero-order valence-electron chi connectivity index (χ0n) is 7.96. The van der Waals surface area contributed by atoms with E-state index in [-0.39, 0.29) is 5.57 Å². The first kappa shape index (κ1) is 9.55. The zero-order valence-corrected chi connectivity index (χ0v) is 7.96. The van der Waals surface area contributed by atoms with E-state index in [1.807, 2.05) is 25.1 Å². The van der Waals surface area contributed by atoms with Gasteiger partial charge in [0.15, 0.2) is 0 Å². The van der Waals surface area contributed by atoms with Gasteiger partial charge in [-0.2, -0.15) is 10.5 Å². The summed E-state index contributed by atoms with van der Waals surface area (Å²) in [5.41, 5.74) is 2.43. The molecule has 0 saturated heterocycles. The molecule has 1 unspecified atom stereocenters. The fourth-order valence-corrected chi connectivity index (χ4v) is 1.76. The molecule has 1 rings (SSSR count). The molecule has 0 spiro atoms. The maximum Gasteiger partial charge on any atom is 0.132 e. The van der Waals surface area contributed by atoms with Crippen molar-refractivity contribution in [3.63, 3.8) is 0 Å². The summed E-state index contributed by atoms with van der Waals surface area (Å²) in [4.78, 5) is 0. The number of nitrogens with zero attached hydrogens (tertiary/aromatic N) is 2. The first-order valence-electron chi connectivity index (χ1n) is 4.38. The first-order valence-corrected chi connectivity index (χ1v) is 4.38. The third kappa shape index (κ3) is 2.20. The lowest BCUT2D eigenvalue weighted by atomic mass is 9.86. The topological polar surface area (TPSA) is 47.6 Å². The average Bonchev–Trinajstić information content (AvgIpc) is 2.04. The maximum absolute atomic E-state index is 8.69. The van der Waals surface area contributed by atoms with Gasteiger partial charge in [0.25, 0.3) is 0 Å². The Bertz CT molecular complexity index is 331. The van der Waals surface area contributed by atoms with Gasteiger partial charge < -0.3 is 0 Å². The van der Waals surface area contributed by atoms with Crippen LogP contribution in [0.1, 0.15) is 26.7 Å². The Morgan fingerprint density at radius 2 is 2.00 bits per heavy atom. The largest absolute Gasteiger partial charge is 0.192 e. The van der Waals surface area contributed by atoms with Crippen LogP contribution in [-0.2, 0) is 0 Å². The van der Waals surface area contributed by atoms with Crippen molar-refractivity contribution in [1.29, 1.82) is 10.5 Å². The van der Waals surface area contributed by atoms with Crippen LogP contribution in [0.2, 0.25) is 0 Å². The highest BCUT2D eigenvalue weighted by Crippen LogP contribution is 2.28. The van der Waals surface area contributed by atoms with Gasteiger partial charge in [0, 0.05) is 0 Å². The molecule has 0 aromatic carbocycles. The van der Waals surface area contributed by atoms with Gasteiger partial charge in [0.1, 0.15) is 17.7 Å². The monoisotopic (exact) mass is 172 g/mol. The van der Waals surface area contributed by atoms with Gasteiger partial charge in [-0.05, 0) is 31.3 Å². The minimum absolute atomic E-state index is 0.269. The van der Waals surface area contributed by atoms with Crippen LogP contribution in [0.3, 0.4) is 0 Å². The third-order valence-electron chi connectivity index (χ3n) is 2.20. The highest BCUT2D eigenvalue weighted by atomic mass is 14.3. The Morgan fingerprint density at radius 3 is 2.46 bits per heavy atom. The molecular weight excluding hydrogens is 160 g/mol. The van der Waals surface area contributed by atoms with E-state index in [2.05, 4.69) is 6.92 Å². The Morgan fingerprint density at radius 1 is 1.38 bits per heavy atom. The van der Waals surface area contributed by atoms with E-state index in [0.29, 0.717) is 5.92 Å². The van der Waals surface area contributed by atoms with E-state index < -0.39 is 0 Å². The van der Waals surface area contributed by atoms with Crippen LogP contribution in [0.15, 0.2) is 22.8 Å². The standard InChI is InChI=1S/C11H12N2/c1-8-3-9(2)5-10(4-8)11(6-12)7-13/h4,9H,3,5H2,1-2H3. The molecule has 0 radical (unpaired) electrons. The van der Waals surface area contributed by atoms with E-state index in [1.165, 1.54) is 5.57 Å². The smallest absolute Gasteiger partial charge is 0.132 e. The summed E-state index contributed by atoms with van der Waals surface area (Å²) in [5, 5.41) is 17.4. The van der Waals surface area contributed by atoms with Crippen LogP contribution in [-0.4, -0.2) is 0 Å². The van der Waals surface area contributed by atoms with E-state index in [1.54, 1.807) is 0 Å². The Kier molecular flexibility index (Phi) is 2.88. The number of hydrogen-bond donors (Lipinski definition) is 0. The summed E-state index contributed by atoms with van der Waals surface area (Å²) < 4.78 is 0. The molecule has 0 aromatic heterocycles. The molecule has 2 heteroatoms. The van der Waals surface area contributed by atoms with E-state index in [4.69, 9.17) is 10.5 Å². The van der Waals surface area contributed by atoms with Crippen LogP contribution in [0, 0.1) is 28.6 Å².